The number of aliphatic carboxylic acids is 1. The van der Waals surface area contributed by atoms with Crippen molar-refractivity contribution in [1.29, 1.82) is 0 Å². The second-order valence-corrected chi connectivity index (χ2v) is 4.35. The molecule has 0 aromatic carbocycles. The molecule has 0 fully saturated rings. The monoisotopic (exact) mass is 306 g/mol. The van der Waals surface area contributed by atoms with Crippen LogP contribution < -0.4 is 0 Å². The number of hydrogen-bond donors (Lipinski definition) is 1. The standard InChI is InChI=1S/C6H3IO.C4H8O2/c7-5-3-4-1-2-6(5)8-4;1-3(2)4(5)6/h1-3H;3H,1-2H3,(H,5,6). The molecule has 1 N–H and O–H groups in total. The lowest BCUT2D eigenvalue weighted by Gasteiger charge is -1.89. The first kappa shape index (κ1) is 11.3. The average Bonchev–Trinajstić information content (AvgIpc) is 2.65. The molecule has 3 nitrogen and oxygen atoms in total. The Morgan fingerprint density at radius 2 is 2.07 bits per heavy atom. The topological polar surface area (TPSA) is 50.4 Å². The molecular weight excluding hydrogens is 295 g/mol. The van der Waals surface area contributed by atoms with Crippen molar-refractivity contribution in [3.63, 3.8) is 0 Å². The minimum atomic E-state index is -0.741. The lowest BCUT2D eigenvalue weighted by molar-refractivity contribution is -0.140. The molecule has 2 heterocycles. The number of halogens is 1. The average molecular weight is 306 g/mol. The zero-order valence-electron chi connectivity index (χ0n) is 7.95. The summed E-state index contributed by atoms with van der Waals surface area (Å²) in [4.78, 5) is 9.70. The summed E-state index contributed by atoms with van der Waals surface area (Å²) < 4.78 is 6.42. The highest BCUT2D eigenvalue weighted by Crippen LogP contribution is 2.22. The van der Waals surface area contributed by atoms with Crippen LogP contribution in [0.1, 0.15) is 13.8 Å². The van der Waals surface area contributed by atoms with E-state index in [2.05, 4.69) is 22.6 Å². The van der Waals surface area contributed by atoms with Gasteiger partial charge in [0.15, 0.2) is 0 Å². The van der Waals surface area contributed by atoms with Gasteiger partial charge in [0.2, 0.25) is 0 Å². The summed E-state index contributed by atoms with van der Waals surface area (Å²) in [5, 5.41) is 7.99. The fourth-order valence-corrected chi connectivity index (χ4v) is 1.35. The van der Waals surface area contributed by atoms with E-state index >= 15 is 0 Å². The zero-order chi connectivity index (χ0) is 10.7. The molecule has 0 saturated carbocycles. The largest absolute Gasteiger partial charge is 0.481 e. The van der Waals surface area contributed by atoms with Crippen LogP contribution in [0.5, 0.6) is 0 Å². The minimum absolute atomic E-state index is 0.231. The second-order valence-electron chi connectivity index (χ2n) is 3.19. The number of carboxylic acid groups (broad SMARTS) is 1. The van der Waals surface area contributed by atoms with Gasteiger partial charge < -0.3 is 9.52 Å². The molecule has 0 atom stereocenters. The van der Waals surface area contributed by atoms with E-state index in [9.17, 15) is 4.79 Å². The van der Waals surface area contributed by atoms with Gasteiger partial charge in [-0.1, -0.05) is 13.8 Å². The highest BCUT2D eigenvalue weighted by atomic mass is 127. The number of benzene rings is 1. The third-order valence-electron chi connectivity index (χ3n) is 1.63. The van der Waals surface area contributed by atoms with Crippen molar-refractivity contribution < 1.29 is 14.3 Å². The summed E-state index contributed by atoms with van der Waals surface area (Å²) in [5.41, 5.74) is 1.98. The van der Waals surface area contributed by atoms with Gasteiger partial charge in [-0.25, -0.2) is 0 Å². The smallest absolute Gasteiger partial charge is 0.305 e. The molecule has 0 aliphatic heterocycles. The van der Waals surface area contributed by atoms with Crippen LogP contribution in [0.3, 0.4) is 0 Å². The summed E-state index contributed by atoms with van der Waals surface area (Å²) in [6.07, 6.45) is 0. The number of hydrogen-bond acceptors (Lipinski definition) is 2. The van der Waals surface area contributed by atoms with E-state index in [4.69, 9.17) is 9.52 Å². The number of carboxylic acids is 1. The Labute approximate surface area is 95.6 Å². The van der Waals surface area contributed by atoms with Crippen molar-refractivity contribution in [2.24, 2.45) is 5.92 Å². The SMILES string of the molecule is CC(C)C(=O)O.Ic1cc2ccc1o2. The lowest BCUT2D eigenvalue weighted by atomic mass is 10.2. The van der Waals surface area contributed by atoms with Gasteiger partial charge in [0.25, 0.3) is 0 Å². The molecule has 0 unspecified atom stereocenters. The van der Waals surface area contributed by atoms with E-state index in [1.165, 1.54) is 3.57 Å². The summed E-state index contributed by atoms with van der Waals surface area (Å²) in [7, 11) is 0. The summed E-state index contributed by atoms with van der Waals surface area (Å²) in [6.45, 7) is 3.28. The first-order chi connectivity index (χ1) is 6.50. The fraction of sp³-hybridized carbons (Fsp3) is 0.300. The molecule has 76 valence electrons. The molecule has 0 spiro atoms. The molecule has 2 aromatic heterocycles. The summed E-state index contributed by atoms with van der Waals surface area (Å²) >= 11 is 2.25. The van der Waals surface area contributed by atoms with Gasteiger partial charge in [-0.15, -0.1) is 0 Å². The number of furan rings is 2. The highest BCUT2D eigenvalue weighted by Gasteiger charge is 2.01. The van der Waals surface area contributed by atoms with Crippen LogP contribution >= 0.6 is 22.6 Å². The lowest BCUT2D eigenvalue weighted by Crippen LogP contribution is -2.03. The van der Waals surface area contributed by atoms with Gasteiger partial charge in [0, 0.05) is 0 Å². The van der Waals surface area contributed by atoms with Gasteiger partial charge in [-0.05, 0) is 40.8 Å². The summed E-state index contributed by atoms with van der Waals surface area (Å²) in [5.74, 6) is -0.972. The molecule has 2 bridgehead atoms. The van der Waals surface area contributed by atoms with Crippen LogP contribution in [0.2, 0.25) is 0 Å². The Hall–Kier alpha value is -0.780. The van der Waals surface area contributed by atoms with Gasteiger partial charge in [-0.2, -0.15) is 0 Å². The van der Waals surface area contributed by atoms with Crippen molar-refractivity contribution >= 4 is 39.7 Å². The third kappa shape index (κ3) is 2.87. The maximum absolute atomic E-state index is 9.70. The molecule has 0 aliphatic carbocycles. The number of rotatable bonds is 1. The van der Waals surface area contributed by atoms with Crippen LogP contribution in [-0.2, 0) is 4.79 Å². The zero-order valence-corrected chi connectivity index (χ0v) is 10.1. The Morgan fingerprint density at radius 1 is 1.50 bits per heavy atom. The maximum Gasteiger partial charge on any atom is 0.305 e. The molecule has 2 aromatic rings. The van der Waals surface area contributed by atoms with Crippen molar-refractivity contribution in [2.75, 3.05) is 0 Å². The van der Waals surface area contributed by atoms with E-state index in [1.807, 2.05) is 18.2 Å². The fourth-order valence-electron chi connectivity index (χ4n) is 0.755. The van der Waals surface area contributed by atoms with Crippen molar-refractivity contribution in [3.8, 4) is 0 Å². The van der Waals surface area contributed by atoms with Crippen LogP contribution in [-0.4, -0.2) is 11.1 Å². The summed E-state index contributed by atoms with van der Waals surface area (Å²) in [6, 6.07) is 5.98. The quantitative estimate of drug-likeness (QED) is 0.823. The van der Waals surface area contributed by atoms with Crippen molar-refractivity contribution in [2.45, 2.75) is 13.8 Å². The Balaban J connectivity index is 0.000000149. The molecule has 0 radical (unpaired) electrons. The molecule has 0 aliphatic rings. The van der Waals surface area contributed by atoms with E-state index in [-0.39, 0.29) is 5.92 Å². The molecule has 4 heteroatoms. The van der Waals surface area contributed by atoms with Crippen LogP contribution in [0.4, 0.5) is 0 Å². The minimum Gasteiger partial charge on any atom is -0.481 e. The van der Waals surface area contributed by atoms with Crippen LogP contribution in [0.25, 0.3) is 11.2 Å². The first-order valence-corrected chi connectivity index (χ1v) is 5.29. The number of fused-ring (bicyclic) bond motifs is 2. The molecular formula is C10H11IO3. The Bertz CT molecular complexity index is 405. The molecule has 14 heavy (non-hydrogen) atoms. The third-order valence-corrected chi connectivity index (χ3v) is 2.47. The van der Waals surface area contributed by atoms with Gasteiger partial charge in [0.1, 0.15) is 11.2 Å². The first-order valence-electron chi connectivity index (χ1n) is 4.21. The Kier molecular flexibility index (Phi) is 3.74. The highest BCUT2D eigenvalue weighted by molar-refractivity contribution is 14.1. The van der Waals surface area contributed by atoms with Crippen LogP contribution in [0, 0.1) is 9.49 Å². The maximum atomic E-state index is 9.70. The van der Waals surface area contributed by atoms with E-state index in [0.717, 1.165) is 11.2 Å². The predicted molar refractivity (Wildman–Crippen MR) is 62.6 cm³/mol. The number of carbonyl (C=O) groups is 1. The molecule has 0 saturated heterocycles. The predicted octanol–water partition coefficient (Wildman–Crippen LogP) is 3.20. The van der Waals surface area contributed by atoms with E-state index in [1.54, 1.807) is 13.8 Å². The van der Waals surface area contributed by atoms with Crippen molar-refractivity contribution in [3.05, 3.63) is 21.8 Å². The van der Waals surface area contributed by atoms with Gasteiger partial charge >= 0.3 is 5.97 Å². The van der Waals surface area contributed by atoms with Crippen molar-refractivity contribution in [1.82, 2.24) is 0 Å². The normalized spacial score (nSPS) is 10.3. The van der Waals surface area contributed by atoms with Crippen LogP contribution in [0.15, 0.2) is 22.6 Å². The van der Waals surface area contributed by atoms with E-state index < -0.39 is 5.97 Å². The molecule has 0 amide bonds. The Morgan fingerprint density at radius 3 is 2.21 bits per heavy atom. The van der Waals surface area contributed by atoms with Gasteiger partial charge in [-0.3, -0.25) is 4.79 Å². The second kappa shape index (κ2) is 4.63. The van der Waals surface area contributed by atoms with Gasteiger partial charge in [0.05, 0.1) is 9.49 Å². The van der Waals surface area contributed by atoms with E-state index in [0.29, 0.717) is 0 Å². The molecule has 2 rings (SSSR count).